The number of sulfonamides is 2. The molecular formula is C12H11ClN2O4S2. The SMILES string of the molecule is NN(S(=O)(=O)c1ccccc1)S(=O)(=O)c1ccc(Cl)cc1. The first-order valence-corrected chi connectivity index (χ1v) is 8.88. The van der Waals surface area contributed by atoms with Crippen molar-refractivity contribution in [3.8, 4) is 0 Å². The molecule has 0 unspecified atom stereocenters. The number of hydrogen-bond donors (Lipinski definition) is 1. The van der Waals surface area contributed by atoms with Gasteiger partial charge in [0.1, 0.15) is 0 Å². The van der Waals surface area contributed by atoms with Gasteiger partial charge in [0.05, 0.1) is 9.79 Å². The smallest absolute Gasteiger partial charge is 0.240 e. The lowest BCUT2D eigenvalue weighted by Gasteiger charge is -2.16. The summed E-state index contributed by atoms with van der Waals surface area (Å²) >= 11 is 5.67. The zero-order chi connectivity index (χ0) is 15.7. The van der Waals surface area contributed by atoms with Gasteiger partial charge >= 0.3 is 0 Å². The fraction of sp³-hybridized carbons (Fsp3) is 0. The molecule has 0 saturated heterocycles. The summed E-state index contributed by atoms with van der Waals surface area (Å²) in [5, 5.41) is 0.323. The van der Waals surface area contributed by atoms with Crippen molar-refractivity contribution in [2.75, 3.05) is 0 Å². The lowest BCUT2D eigenvalue weighted by atomic mass is 10.4. The first kappa shape index (κ1) is 15.9. The van der Waals surface area contributed by atoms with Crippen LogP contribution < -0.4 is 5.84 Å². The zero-order valence-corrected chi connectivity index (χ0v) is 12.9. The summed E-state index contributed by atoms with van der Waals surface area (Å²) in [5.74, 6) is 5.36. The Morgan fingerprint density at radius 2 is 1.19 bits per heavy atom. The molecule has 2 aromatic carbocycles. The predicted octanol–water partition coefficient (Wildman–Crippen LogP) is 1.59. The van der Waals surface area contributed by atoms with E-state index >= 15 is 0 Å². The molecule has 0 saturated carbocycles. The molecule has 0 radical (unpaired) electrons. The maximum Gasteiger partial charge on any atom is 0.269 e. The number of benzene rings is 2. The lowest BCUT2D eigenvalue weighted by Crippen LogP contribution is -2.42. The van der Waals surface area contributed by atoms with Crippen molar-refractivity contribution in [3.05, 3.63) is 59.6 Å². The molecule has 0 bridgehead atoms. The van der Waals surface area contributed by atoms with Gasteiger partial charge < -0.3 is 0 Å². The molecule has 2 rings (SSSR count). The summed E-state index contributed by atoms with van der Waals surface area (Å²) in [6, 6.07) is 12.1. The molecule has 0 aliphatic rings. The summed E-state index contributed by atoms with van der Waals surface area (Å²) < 4.78 is 48.8. The minimum absolute atomic E-state index is 0.140. The van der Waals surface area contributed by atoms with E-state index in [9.17, 15) is 16.8 Å². The van der Waals surface area contributed by atoms with Crippen LogP contribution in [0.2, 0.25) is 5.02 Å². The van der Waals surface area contributed by atoms with Crippen LogP contribution in [0.3, 0.4) is 0 Å². The third kappa shape index (κ3) is 3.09. The van der Waals surface area contributed by atoms with Gasteiger partial charge in [0.25, 0.3) is 20.0 Å². The van der Waals surface area contributed by atoms with E-state index in [4.69, 9.17) is 17.4 Å². The molecule has 0 aliphatic carbocycles. The number of nitrogens with two attached hydrogens (primary N) is 1. The van der Waals surface area contributed by atoms with E-state index in [0.29, 0.717) is 5.02 Å². The Morgan fingerprint density at radius 1 is 0.762 bits per heavy atom. The largest absolute Gasteiger partial charge is 0.269 e. The van der Waals surface area contributed by atoms with Crippen molar-refractivity contribution in [1.82, 2.24) is 3.82 Å². The molecule has 0 aromatic heterocycles. The van der Waals surface area contributed by atoms with E-state index in [2.05, 4.69) is 0 Å². The average Bonchev–Trinajstić information content (AvgIpc) is 2.47. The topological polar surface area (TPSA) is 97.5 Å². The van der Waals surface area contributed by atoms with E-state index in [-0.39, 0.29) is 13.6 Å². The van der Waals surface area contributed by atoms with Crippen LogP contribution in [-0.2, 0) is 20.0 Å². The van der Waals surface area contributed by atoms with Gasteiger partial charge in [0.15, 0.2) is 0 Å². The van der Waals surface area contributed by atoms with Crippen LogP contribution in [0.5, 0.6) is 0 Å². The van der Waals surface area contributed by atoms with Crippen LogP contribution >= 0.6 is 11.6 Å². The van der Waals surface area contributed by atoms with Crippen LogP contribution in [0.15, 0.2) is 64.4 Å². The molecule has 0 heterocycles. The first-order chi connectivity index (χ1) is 9.76. The minimum Gasteiger partial charge on any atom is -0.240 e. The summed E-state index contributed by atoms with van der Waals surface area (Å²) in [7, 11) is -8.76. The summed E-state index contributed by atoms with van der Waals surface area (Å²) in [6.45, 7) is 0. The van der Waals surface area contributed by atoms with Crippen LogP contribution in [0.1, 0.15) is 0 Å². The molecule has 0 atom stereocenters. The third-order valence-corrected chi connectivity index (χ3v) is 6.74. The van der Waals surface area contributed by atoms with E-state index < -0.39 is 20.0 Å². The van der Waals surface area contributed by atoms with Crippen LogP contribution in [0, 0.1) is 0 Å². The number of rotatable bonds is 4. The third-order valence-electron chi connectivity index (χ3n) is 2.63. The van der Waals surface area contributed by atoms with E-state index in [1.165, 1.54) is 48.5 Å². The van der Waals surface area contributed by atoms with Crippen molar-refractivity contribution in [1.29, 1.82) is 0 Å². The molecule has 2 aromatic rings. The normalized spacial score (nSPS) is 12.5. The van der Waals surface area contributed by atoms with Gasteiger partial charge in [-0.05, 0) is 40.2 Å². The fourth-order valence-corrected chi connectivity index (χ4v) is 4.61. The van der Waals surface area contributed by atoms with Crippen molar-refractivity contribution in [2.45, 2.75) is 9.79 Å². The van der Waals surface area contributed by atoms with Crippen LogP contribution in [-0.4, -0.2) is 20.7 Å². The lowest BCUT2D eigenvalue weighted by molar-refractivity contribution is 0.506. The molecule has 0 fully saturated rings. The summed E-state index contributed by atoms with van der Waals surface area (Å²) in [4.78, 5) is -0.487. The first-order valence-electron chi connectivity index (χ1n) is 5.62. The highest BCUT2D eigenvalue weighted by molar-refractivity contribution is 8.04. The molecule has 0 aliphatic heterocycles. The number of hydrazine groups is 1. The summed E-state index contributed by atoms with van der Waals surface area (Å²) in [6.07, 6.45) is 0. The zero-order valence-electron chi connectivity index (χ0n) is 10.5. The van der Waals surface area contributed by atoms with E-state index in [1.807, 2.05) is 0 Å². The maximum absolute atomic E-state index is 12.2. The van der Waals surface area contributed by atoms with Crippen molar-refractivity contribution in [3.63, 3.8) is 0 Å². The number of nitrogens with zero attached hydrogens (tertiary/aromatic N) is 1. The van der Waals surface area contributed by atoms with Crippen molar-refractivity contribution in [2.24, 2.45) is 5.84 Å². The Kier molecular flexibility index (Phi) is 4.35. The second kappa shape index (κ2) is 5.74. The molecule has 0 spiro atoms. The highest BCUT2D eigenvalue weighted by Gasteiger charge is 2.33. The highest BCUT2D eigenvalue weighted by atomic mass is 35.5. The van der Waals surface area contributed by atoms with Crippen molar-refractivity contribution < 1.29 is 16.8 Å². The van der Waals surface area contributed by atoms with Crippen LogP contribution in [0.25, 0.3) is 0 Å². The fourth-order valence-electron chi connectivity index (χ4n) is 1.54. The molecule has 21 heavy (non-hydrogen) atoms. The molecule has 9 heteroatoms. The minimum atomic E-state index is -4.40. The summed E-state index contributed by atoms with van der Waals surface area (Å²) in [5.41, 5.74) is 0. The van der Waals surface area contributed by atoms with Gasteiger partial charge in [-0.1, -0.05) is 29.8 Å². The van der Waals surface area contributed by atoms with E-state index in [1.54, 1.807) is 6.07 Å². The van der Waals surface area contributed by atoms with Gasteiger partial charge in [-0.15, -0.1) is 0 Å². The van der Waals surface area contributed by atoms with Gasteiger partial charge in [-0.2, -0.15) is 0 Å². The molecule has 2 N–H and O–H groups in total. The average molecular weight is 347 g/mol. The van der Waals surface area contributed by atoms with Gasteiger partial charge in [0, 0.05) is 5.02 Å². The van der Waals surface area contributed by atoms with Gasteiger partial charge in [0.2, 0.25) is 0 Å². The second-order valence-electron chi connectivity index (χ2n) is 4.00. The number of halogens is 1. The molecule has 6 nitrogen and oxygen atoms in total. The second-order valence-corrected chi connectivity index (χ2v) is 8.30. The Balaban J connectivity index is 2.48. The Morgan fingerprint density at radius 3 is 1.67 bits per heavy atom. The number of hydrogen-bond acceptors (Lipinski definition) is 5. The molecule has 0 amide bonds. The Hall–Kier alpha value is -1.45. The quantitative estimate of drug-likeness (QED) is 0.669. The standard InChI is InChI=1S/C12H11ClN2O4S2/c13-10-6-8-12(9-7-10)21(18,19)15(14)20(16,17)11-4-2-1-3-5-11/h1-9H,14H2. The Labute approximate surface area is 127 Å². The van der Waals surface area contributed by atoms with Crippen LogP contribution in [0.4, 0.5) is 0 Å². The highest BCUT2D eigenvalue weighted by Crippen LogP contribution is 2.22. The maximum atomic E-state index is 12.2. The monoisotopic (exact) mass is 346 g/mol. The molecule has 112 valence electrons. The Bertz CT molecular complexity index is 835. The van der Waals surface area contributed by atoms with Gasteiger partial charge in [-0.25, -0.2) is 22.7 Å². The van der Waals surface area contributed by atoms with Crippen molar-refractivity contribution >= 4 is 31.6 Å². The van der Waals surface area contributed by atoms with E-state index in [0.717, 1.165) is 0 Å². The predicted molar refractivity (Wildman–Crippen MR) is 78.3 cm³/mol. The van der Waals surface area contributed by atoms with Gasteiger partial charge in [-0.3, -0.25) is 0 Å². The molecular weight excluding hydrogens is 336 g/mol.